The molecule has 0 saturated heterocycles. The molecule has 7 nitrogen and oxygen atoms in total. The highest BCUT2D eigenvalue weighted by Gasteiger charge is 2.24. The number of rotatable bonds is 7. The molecule has 0 bridgehead atoms. The zero-order valence-corrected chi connectivity index (χ0v) is 18.3. The van der Waals surface area contributed by atoms with E-state index in [4.69, 9.17) is 11.6 Å². The van der Waals surface area contributed by atoms with Crippen LogP contribution in [0.2, 0.25) is 5.02 Å². The van der Waals surface area contributed by atoms with E-state index in [0.29, 0.717) is 22.0 Å². The second kappa shape index (κ2) is 10.6. The molecule has 4 N–H and O–H groups in total. The first-order valence-corrected chi connectivity index (χ1v) is 10.1. The fourth-order valence-electron chi connectivity index (χ4n) is 2.93. The third kappa shape index (κ3) is 6.44. The predicted molar refractivity (Wildman–Crippen MR) is 125 cm³/mol. The molecule has 9 heteroatoms. The first-order chi connectivity index (χ1) is 15.3. The van der Waals surface area contributed by atoms with Crippen LogP contribution in [0.5, 0.6) is 0 Å². The van der Waals surface area contributed by atoms with Gasteiger partial charge in [-0.1, -0.05) is 41.9 Å². The van der Waals surface area contributed by atoms with E-state index in [1.807, 2.05) is 0 Å². The predicted octanol–water partition coefficient (Wildman–Crippen LogP) is 4.87. The Labute approximate surface area is 190 Å². The molecule has 0 spiro atoms. The highest BCUT2D eigenvalue weighted by Crippen LogP contribution is 2.22. The third-order valence-corrected chi connectivity index (χ3v) is 4.60. The van der Waals surface area contributed by atoms with Crippen molar-refractivity contribution >= 4 is 40.6 Å². The van der Waals surface area contributed by atoms with Crippen LogP contribution in [0.3, 0.4) is 0 Å². The largest absolute Gasteiger partial charge is 0.322 e. The van der Waals surface area contributed by atoms with Gasteiger partial charge in [0.15, 0.2) is 0 Å². The first-order valence-electron chi connectivity index (χ1n) is 9.74. The minimum Gasteiger partial charge on any atom is -0.322 e. The van der Waals surface area contributed by atoms with Crippen LogP contribution in [-0.4, -0.2) is 31.0 Å². The standard InChI is InChI=1S/C23H23ClFN5O2/c1-30(2)29-18-12-13-20(19(25)14-18)27-22(31)21(15-6-4-3-5-7-15)28-23(32)26-17-10-8-16(24)9-11-17/h3-14,21,29H,1-2H3,(H,27,31)(H2,26,28,32). The SMILES string of the molecule is CN(C)Nc1ccc(NC(=O)C(NC(=O)Nc2ccc(Cl)cc2)c2ccccc2)c(F)c1. The molecule has 3 aromatic rings. The molecule has 0 aliphatic rings. The molecule has 166 valence electrons. The van der Waals surface area contributed by atoms with Crippen molar-refractivity contribution in [1.82, 2.24) is 10.3 Å². The number of nitrogens with one attached hydrogen (secondary N) is 4. The monoisotopic (exact) mass is 455 g/mol. The summed E-state index contributed by atoms with van der Waals surface area (Å²) in [5, 5.41) is 10.0. The van der Waals surface area contributed by atoms with Crippen LogP contribution < -0.4 is 21.4 Å². The number of anilines is 3. The smallest absolute Gasteiger partial charge is 0.320 e. The van der Waals surface area contributed by atoms with E-state index in [0.717, 1.165) is 0 Å². The fourth-order valence-corrected chi connectivity index (χ4v) is 3.05. The number of amides is 3. The van der Waals surface area contributed by atoms with Crippen molar-refractivity contribution in [3.8, 4) is 0 Å². The van der Waals surface area contributed by atoms with E-state index < -0.39 is 23.8 Å². The van der Waals surface area contributed by atoms with Crippen LogP contribution in [0.25, 0.3) is 0 Å². The molecule has 3 amide bonds. The quantitative estimate of drug-likeness (QED) is 0.383. The molecule has 0 aliphatic heterocycles. The number of halogens is 2. The van der Waals surface area contributed by atoms with E-state index >= 15 is 0 Å². The van der Waals surface area contributed by atoms with Gasteiger partial charge in [-0.2, -0.15) is 0 Å². The topological polar surface area (TPSA) is 85.5 Å². The maximum atomic E-state index is 14.5. The van der Waals surface area contributed by atoms with Crippen molar-refractivity contribution in [1.29, 1.82) is 0 Å². The van der Waals surface area contributed by atoms with Gasteiger partial charge in [0, 0.05) is 30.9 Å². The van der Waals surface area contributed by atoms with Crippen molar-refractivity contribution in [2.45, 2.75) is 6.04 Å². The number of carbonyl (C=O) groups excluding carboxylic acids is 2. The molecule has 3 rings (SSSR count). The Hall–Kier alpha value is -3.62. The van der Waals surface area contributed by atoms with Crippen LogP contribution in [0, 0.1) is 5.82 Å². The molecule has 0 aromatic heterocycles. The van der Waals surface area contributed by atoms with Crippen molar-refractivity contribution in [3.63, 3.8) is 0 Å². The Morgan fingerprint density at radius 1 is 0.906 bits per heavy atom. The van der Waals surface area contributed by atoms with Gasteiger partial charge in [0.2, 0.25) is 0 Å². The lowest BCUT2D eigenvalue weighted by atomic mass is 10.1. The molecule has 0 saturated carbocycles. The van der Waals surface area contributed by atoms with Gasteiger partial charge < -0.3 is 21.4 Å². The number of urea groups is 1. The molecule has 0 radical (unpaired) electrons. The molecule has 0 fully saturated rings. The second-order valence-corrected chi connectivity index (χ2v) is 7.58. The Bertz CT molecular complexity index is 1080. The van der Waals surface area contributed by atoms with Gasteiger partial charge >= 0.3 is 6.03 Å². The minimum absolute atomic E-state index is 0.000136. The summed E-state index contributed by atoms with van der Waals surface area (Å²) in [6.07, 6.45) is 0. The molecular weight excluding hydrogens is 433 g/mol. The first kappa shape index (κ1) is 23.1. The highest BCUT2D eigenvalue weighted by atomic mass is 35.5. The maximum absolute atomic E-state index is 14.5. The average Bonchev–Trinajstić information content (AvgIpc) is 2.75. The Kier molecular flexibility index (Phi) is 7.64. The summed E-state index contributed by atoms with van der Waals surface area (Å²) in [5.41, 5.74) is 4.52. The molecule has 32 heavy (non-hydrogen) atoms. The van der Waals surface area contributed by atoms with Crippen LogP contribution in [0.1, 0.15) is 11.6 Å². The summed E-state index contributed by atoms with van der Waals surface area (Å²) in [7, 11) is 3.55. The van der Waals surface area contributed by atoms with Gasteiger partial charge in [-0.15, -0.1) is 0 Å². The van der Waals surface area contributed by atoms with Gasteiger partial charge in [0.25, 0.3) is 5.91 Å². The van der Waals surface area contributed by atoms with Crippen molar-refractivity contribution in [2.24, 2.45) is 0 Å². The summed E-state index contributed by atoms with van der Waals surface area (Å²) in [4.78, 5) is 25.5. The summed E-state index contributed by atoms with van der Waals surface area (Å²) in [6, 6.07) is 17.9. The van der Waals surface area contributed by atoms with E-state index in [9.17, 15) is 14.0 Å². The molecule has 0 aliphatic carbocycles. The second-order valence-electron chi connectivity index (χ2n) is 7.14. The van der Waals surface area contributed by atoms with Gasteiger partial charge in [-0.3, -0.25) is 4.79 Å². The third-order valence-electron chi connectivity index (χ3n) is 4.35. The zero-order chi connectivity index (χ0) is 23.1. The van der Waals surface area contributed by atoms with E-state index in [-0.39, 0.29) is 5.69 Å². The Balaban J connectivity index is 1.76. The molecule has 1 unspecified atom stereocenters. The number of hydrogen-bond acceptors (Lipinski definition) is 4. The Morgan fingerprint density at radius 3 is 2.19 bits per heavy atom. The molecule has 3 aromatic carbocycles. The average molecular weight is 456 g/mol. The van der Waals surface area contributed by atoms with Crippen molar-refractivity contribution in [3.05, 3.63) is 89.2 Å². The summed E-state index contributed by atoms with van der Waals surface area (Å²) >= 11 is 5.86. The van der Waals surface area contributed by atoms with Gasteiger partial charge in [0.05, 0.1) is 11.4 Å². The van der Waals surface area contributed by atoms with E-state index in [2.05, 4.69) is 21.4 Å². The lowest BCUT2D eigenvalue weighted by Crippen LogP contribution is -2.39. The van der Waals surface area contributed by atoms with Gasteiger partial charge in [-0.25, -0.2) is 14.2 Å². The zero-order valence-electron chi connectivity index (χ0n) is 17.5. The summed E-state index contributed by atoms with van der Waals surface area (Å²) < 4.78 is 14.5. The van der Waals surface area contributed by atoms with Crippen molar-refractivity contribution in [2.75, 3.05) is 30.2 Å². The minimum atomic E-state index is -1.05. The summed E-state index contributed by atoms with van der Waals surface area (Å²) in [5.74, 6) is -1.20. The van der Waals surface area contributed by atoms with Gasteiger partial charge in [-0.05, 0) is 42.0 Å². The van der Waals surface area contributed by atoms with E-state index in [1.54, 1.807) is 79.8 Å². The number of hydrogen-bond donors (Lipinski definition) is 4. The molecule has 0 heterocycles. The number of nitrogens with zero attached hydrogens (tertiary/aromatic N) is 1. The van der Waals surface area contributed by atoms with Crippen molar-refractivity contribution < 1.29 is 14.0 Å². The Morgan fingerprint density at radius 2 is 1.56 bits per heavy atom. The molecule has 1 atom stereocenters. The van der Waals surface area contributed by atoms with Crippen LogP contribution >= 0.6 is 11.6 Å². The van der Waals surface area contributed by atoms with E-state index in [1.165, 1.54) is 12.1 Å². The number of carbonyl (C=O) groups is 2. The number of benzene rings is 3. The lowest BCUT2D eigenvalue weighted by Gasteiger charge is -2.20. The molecular formula is C23H23ClFN5O2. The van der Waals surface area contributed by atoms with Gasteiger partial charge in [0.1, 0.15) is 11.9 Å². The van der Waals surface area contributed by atoms with Crippen LogP contribution in [0.15, 0.2) is 72.8 Å². The normalized spacial score (nSPS) is 11.5. The van der Waals surface area contributed by atoms with Crippen LogP contribution in [-0.2, 0) is 4.79 Å². The maximum Gasteiger partial charge on any atom is 0.320 e. The summed E-state index contributed by atoms with van der Waals surface area (Å²) in [6.45, 7) is 0. The number of hydrazine groups is 1. The fraction of sp³-hybridized carbons (Fsp3) is 0.130. The lowest BCUT2D eigenvalue weighted by molar-refractivity contribution is -0.118. The van der Waals surface area contributed by atoms with Crippen LogP contribution in [0.4, 0.5) is 26.2 Å². The highest BCUT2D eigenvalue weighted by molar-refractivity contribution is 6.30.